The molecule has 5 nitrogen and oxygen atoms in total. The molecular weight excluding hydrogens is 266 g/mol. The van der Waals surface area contributed by atoms with E-state index in [0.29, 0.717) is 5.92 Å². The molecule has 1 aliphatic rings. The number of hydrazine groups is 1. The fraction of sp³-hybridized carbons (Fsp3) is 0.562. The predicted molar refractivity (Wildman–Crippen MR) is 82.5 cm³/mol. The maximum atomic E-state index is 11.5. The molecule has 2 rings (SSSR count). The number of amides is 1. The van der Waals surface area contributed by atoms with Crippen molar-refractivity contribution in [1.29, 1.82) is 0 Å². The molecule has 0 aliphatic carbocycles. The summed E-state index contributed by atoms with van der Waals surface area (Å²) >= 11 is 0. The number of benzene rings is 1. The standard InChI is InChI=1S/C16H25N3O2/c1-12(2)11-21-15-5-3-4-13(8-15)9-19-7-6-14(10-19)16(20)18-17/h3-5,8,12,14H,6-7,9-11,17H2,1-2H3,(H,18,20). The minimum Gasteiger partial charge on any atom is -0.493 e. The molecule has 1 unspecified atom stereocenters. The van der Waals surface area contributed by atoms with Crippen LogP contribution in [0.15, 0.2) is 24.3 Å². The Labute approximate surface area is 126 Å². The zero-order valence-electron chi connectivity index (χ0n) is 12.8. The van der Waals surface area contributed by atoms with Crippen LogP contribution in [-0.2, 0) is 11.3 Å². The summed E-state index contributed by atoms with van der Waals surface area (Å²) in [5.41, 5.74) is 3.46. The number of rotatable bonds is 6. The number of nitrogens with one attached hydrogen (secondary N) is 1. The number of hydrogen-bond donors (Lipinski definition) is 2. The lowest BCUT2D eigenvalue weighted by atomic mass is 10.1. The highest BCUT2D eigenvalue weighted by molar-refractivity contribution is 5.78. The van der Waals surface area contributed by atoms with Crippen LogP contribution in [0.1, 0.15) is 25.8 Å². The molecule has 1 aliphatic heterocycles. The van der Waals surface area contributed by atoms with Crippen LogP contribution < -0.4 is 16.0 Å². The molecule has 1 atom stereocenters. The van der Waals surface area contributed by atoms with E-state index in [1.54, 1.807) is 0 Å². The highest BCUT2D eigenvalue weighted by Crippen LogP contribution is 2.21. The molecule has 0 radical (unpaired) electrons. The van der Waals surface area contributed by atoms with Crippen LogP contribution in [0.2, 0.25) is 0 Å². The van der Waals surface area contributed by atoms with Crippen molar-refractivity contribution in [2.45, 2.75) is 26.8 Å². The highest BCUT2D eigenvalue weighted by atomic mass is 16.5. The van der Waals surface area contributed by atoms with Gasteiger partial charge in [-0.1, -0.05) is 26.0 Å². The first-order valence-corrected chi connectivity index (χ1v) is 7.53. The molecule has 116 valence electrons. The monoisotopic (exact) mass is 291 g/mol. The van der Waals surface area contributed by atoms with Crippen LogP contribution in [0.3, 0.4) is 0 Å². The van der Waals surface area contributed by atoms with Gasteiger partial charge in [0, 0.05) is 13.1 Å². The number of ether oxygens (including phenoxy) is 1. The summed E-state index contributed by atoms with van der Waals surface area (Å²) in [5.74, 6) is 6.57. The third kappa shape index (κ3) is 4.72. The Bertz CT molecular complexity index is 476. The van der Waals surface area contributed by atoms with Crippen LogP contribution >= 0.6 is 0 Å². The van der Waals surface area contributed by atoms with E-state index in [-0.39, 0.29) is 11.8 Å². The van der Waals surface area contributed by atoms with Crippen LogP contribution in [0.5, 0.6) is 5.75 Å². The highest BCUT2D eigenvalue weighted by Gasteiger charge is 2.27. The lowest BCUT2D eigenvalue weighted by Crippen LogP contribution is -2.37. The van der Waals surface area contributed by atoms with E-state index < -0.39 is 0 Å². The van der Waals surface area contributed by atoms with Crippen molar-refractivity contribution in [3.8, 4) is 5.75 Å². The van der Waals surface area contributed by atoms with E-state index in [1.807, 2.05) is 12.1 Å². The SMILES string of the molecule is CC(C)COc1cccc(CN2CCC(C(=O)NN)C2)c1. The topological polar surface area (TPSA) is 67.6 Å². The number of carbonyl (C=O) groups excluding carboxylic acids is 1. The van der Waals surface area contributed by atoms with Crippen molar-refractivity contribution >= 4 is 5.91 Å². The number of likely N-dealkylation sites (tertiary alicyclic amines) is 1. The molecule has 0 aromatic heterocycles. The zero-order chi connectivity index (χ0) is 15.2. The van der Waals surface area contributed by atoms with Gasteiger partial charge in [0.1, 0.15) is 5.75 Å². The zero-order valence-corrected chi connectivity index (χ0v) is 12.8. The first-order valence-electron chi connectivity index (χ1n) is 7.53. The van der Waals surface area contributed by atoms with Crippen molar-refractivity contribution in [3.05, 3.63) is 29.8 Å². The van der Waals surface area contributed by atoms with Crippen LogP contribution in [-0.4, -0.2) is 30.5 Å². The van der Waals surface area contributed by atoms with E-state index in [1.165, 1.54) is 5.56 Å². The number of carbonyl (C=O) groups is 1. The lowest BCUT2D eigenvalue weighted by Gasteiger charge is -2.16. The quantitative estimate of drug-likeness (QED) is 0.474. The fourth-order valence-electron chi connectivity index (χ4n) is 2.56. The van der Waals surface area contributed by atoms with Gasteiger partial charge in [0.25, 0.3) is 0 Å². The smallest absolute Gasteiger partial charge is 0.238 e. The Hall–Kier alpha value is -1.59. The molecule has 5 heteroatoms. The van der Waals surface area contributed by atoms with Crippen molar-refractivity contribution in [3.63, 3.8) is 0 Å². The molecule has 0 bridgehead atoms. The average molecular weight is 291 g/mol. The van der Waals surface area contributed by atoms with Crippen molar-refractivity contribution in [2.24, 2.45) is 17.7 Å². The normalized spacial score (nSPS) is 19.0. The third-order valence-corrected chi connectivity index (χ3v) is 3.67. The second-order valence-corrected chi connectivity index (χ2v) is 6.08. The lowest BCUT2D eigenvalue weighted by molar-refractivity contribution is -0.124. The van der Waals surface area contributed by atoms with Gasteiger partial charge >= 0.3 is 0 Å². The number of hydrogen-bond acceptors (Lipinski definition) is 4. The fourth-order valence-corrected chi connectivity index (χ4v) is 2.56. The van der Waals surface area contributed by atoms with Crippen molar-refractivity contribution < 1.29 is 9.53 Å². The van der Waals surface area contributed by atoms with Gasteiger partial charge in [-0.15, -0.1) is 0 Å². The molecule has 1 saturated heterocycles. The van der Waals surface area contributed by atoms with Gasteiger partial charge in [-0.25, -0.2) is 5.84 Å². The summed E-state index contributed by atoms with van der Waals surface area (Å²) in [4.78, 5) is 13.8. The first-order chi connectivity index (χ1) is 10.1. The Morgan fingerprint density at radius 1 is 1.52 bits per heavy atom. The molecule has 0 saturated carbocycles. The molecular formula is C16H25N3O2. The summed E-state index contributed by atoms with van der Waals surface area (Å²) in [6.45, 7) is 7.53. The van der Waals surface area contributed by atoms with Crippen LogP contribution in [0, 0.1) is 11.8 Å². The third-order valence-electron chi connectivity index (χ3n) is 3.67. The largest absolute Gasteiger partial charge is 0.493 e. The van der Waals surface area contributed by atoms with Crippen LogP contribution in [0.25, 0.3) is 0 Å². The molecule has 3 N–H and O–H groups in total. The predicted octanol–water partition coefficient (Wildman–Crippen LogP) is 1.53. The average Bonchev–Trinajstić information content (AvgIpc) is 2.93. The van der Waals surface area contributed by atoms with Gasteiger partial charge in [-0.3, -0.25) is 15.1 Å². The van der Waals surface area contributed by atoms with Gasteiger partial charge < -0.3 is 4.74 Å². The van der Waals surface area contributed by atoms with Gasteiger partial charge in [-0.2, -0.15) is 0 Å². The van der Waals surface area contributed by atoms with Crippen molar-refractivity contribution in [1.82, 2.24) is 10.3 Å². The van der Waals surface area contributed by atoms with Crippen LogP contribution in [0.4, 0.5) is 0 Å². The molecule has 1 amide bonds. The van der Waals surface area contributed by atoms with Gasteiger partial charge in [0.2, 0.25) is 5.91 Å². The maximum absolute atomic E-state index is 11.5. The van der Waals surface area contributed by atoms with E-state index in [4.69, 9.17) is 10.6 Å². The Kier molecular flexibility index (Phi) is 5.59. The summed E-state index contributed by atoms with van der Waals surface area (Å²) in [6, 6.07) is 8.18. The minimum absolute atomic E-state index is 0.00961. The molecule has 0 spiro atoms. The Morgan fingerprint density at radius 2 is 2.33 bits per heavy atom. The molecule has 1 heterocycles. The maximum Gasteiger partial charge on any atom is 0.238 e. The summed E-state index contributed by atoms with van der Waals surface area (Å²) in [6.07, 6.45) is 0.868. The van der Waals surface area contributed by atoms with Gasteiger partial charge in [0.15, 0.2) is 0 Å². The summed E-state index contributed by atoms with van der Waals surface area (Å²) in [7, 11) is 0. The number of nitrogens with zero attached hydrogens (tertiary/aromatic N) is 1. The van der Waals surface area contributed by atoms with Crippen molar-refractivity contribution in [2.75, 3.05) is 19.7 Å². The Balaban J connectivity index is 1.88. The number of nitrogens with two attached hydrogens (primary N) is 1. The molecule has 1 aromatic rings. The summed E-state index contributed by atoms with van der Waals surface area (Å²) < 4.78 is 5.75. The summed E-state index contributed by atoms with van der Waals surface area (Å²) in [5, 5.41) is 0. The first kappa shape index (κ1) is 15.8. The van der Waals surface area contributed by atoms with E-state index in [9.17, 15) is 4.79 Å². The van der Waals surface area contributed by atoms with E-state index in [2.05, 4.69) is 36.3 Å². The second kappa shape index (κ2) is 7.43. The second-order valence-electron chi connectivity index (χ2n) is 6.08. The van der Waals surface area contributed by atoms with Gasteiger partial charge in [0.05, 0.1) is 12.5 Å². The van der Waals surface area contributed by atoms with E-state index >= 15 is 0 Å². The molecule has 1 aromatic carbocycles. The Morgan fingerprint density at radius 3 is 3.05 bits per heavy atom. The van der Waals surface area contributed by atoms with E-state index in [0.717, 1.165) is 38.4 Å². The van der Waals surface area contributed by atoms with Gasteiger partial charge in [-0.05, 0) is 36.6 Å². The molecule has 21 heavy (non-hydrogen) atoms. The minimum atomic E-state index is -0.0634. The molecule has 1 fully saturated rings.